The van der Waals surface area contributed by atoms with E-state index < -0.39 is 11.9 Å². The van der Waals surface area contributed by atoms with Crippen molar-refractivity contribution in [3.8, 4) is 0 Å². The van der Waals surface area contributed by atoms with E-state index in [2.05, 4.69) is 0 Å². The molecule has 2 rings (SSSR count). The van der Waals surface area contributed by atoms with Crippen molar-refractivity contribution in [2.75, 3.05) is 19.7 Å². The van der Waals surface area contributed by atoms with Crippen molar-refractivity contribution in [1.82, 2.24) is 4.90 Å². The standard InChI is InChI=1S/C13H16ClFN2O2/c1-8(16)13(18)17-4-5-19-12(7-17)9-2-3-11(15)10(14)6-9/h2-3,6,8,12H,4-5,7,16H2,1H3/t8-,12?/m0/s1. The van der Waals surface area contributed by atoms with Crippen LogP contribution < -0.4 is 5.73 Å². The lowest BCUT2D eigenvalue weighted by atomic mass is 10.1. The normalized spacial score (nSPS) is 21.3. The molecule has 1 fully saturated rings. The zero-order chi connectivity index (χ0) is 14.0. The second-order valence-electron chi connectivity index (χ2n) is 4.61. The van der Waals surface area contributed by atoms with E-state index in [0.717, 1.165) is 5.56 Å². The number of nitrogens with zero attached hydrogens (tertiary/aromatic N) is 1. The van der Waals surface area contributed by atoms with E-state index in [1.165, 1.54) is 12.1 Å². The summed E-state index contributed by atoms with van der Waals surface area (Å²) in [6, 6.07) is 3.91. The quantitative estimate of drug-likeness (QED) is 0.901. The van der Waals surface area contributed by atoms with E-state index >= 15 is 0 Å². The SMILES string of the molecule is C[C@H](N)C(=O)N1CCOC(c2ccc(F)c(Cl)c2)C1. The Morgan fingerprint density at radius 1 is 1.63 bits per heavy atom. The van der Waals surface area contributed by atoms with Gasteiger partial charge in [0.25, 0.3) is 0 Å². The summed E-state index contributed by atoms with van der Waals surface area (Å²) in [6.45, 7) is 3.01. The van der Waals surface area contributed by atoms with Gasteiger partial charge >= 0.3 is 0 Å². The van der Waals surface area contributed by atoms with Gasteiger partial charge in [-0.2, -0.15) is 0 Å². The maximum Gasteiger partial charge on any atom is 0.239 e. The average Bonchev–Trinajstić information content (AvgIpc) is 2.41. The van der Waals surface area contributed by atoms with Crippen LogP contribution in [0, 0.1) is 5.82 Å². The van der Waals surface area contributed by atoms with E-state index in [1.54, 1.807) is 17.9 Å². The van der Waals surface area contributed by atoms with Gasteiger partial charge in [-0.25, -0.2) is 4.39 Å². The molecule has 1 aromatic carbocycles. The Kier molecular flexibility index (Phi) is 4.39. The summed E-state index contributed by atoms with van der Waals surface area (Å²) in [5.41, 5.74) is 6.35. The zero-order valence-corrected chi connectivity index (χ0v) is 11.4. The molecule has 2 atom stereocenters. The van der Waals surface area contributed by atoms with E-state index in [4.69, 9.17) is 22.1 Å². The van der Waals surface area contributed by atoms with Crippen LogP contribution in [0.15, 0.2) is 18.2 Å². The van der Waals surface area contributed by atoms with Gasteiger partial charge in [0.15, 0.2) is 0 Å². The van der Waals surface area contributed by atoms with E-state index in [0.29, 0.717) is 19.7 Å². The van der Waals surface area contributed by atoms with E-state index in [-0.39, 0.29) is 17.0 Å². The van der Waals surface area contributed by atoms with Gasteiger partial charge in [0.2, 0.25) is 5.91 Å². The first kappa shape index (κ1) is 14.2. The third kappa shape index (κ3) is 3.23. The Morgan fingerprint density at radius 2 is 2.37 bits per heavy atom. The summed E-state index contributed by atoms with van der Waals surface area (Å²) >= 11 is 5.75. The number of hydrogen-bond donors (Lipinski definition) is 1. The lowest BCUT2D eigenvalue weighted by Crippen LogP contribution is -2.48. The minimum atomic E-state index is -0.532. The zero-order valence-electron chi connectivity index (χ0n) is 10.6. The molecular weight excluding hydrogens is 271 g/mol. The van der Waals surface area contributed by atoms with E-state index in [1.807, 2.05) is 0 Å². The van der Waals surface area contributed by atoms with Crippen molar-refractivity contribution in [2.45, 2.75) is 19.1 Å². The van der Waals surface area contributed by atoms with E-state index in [9.17, 15) is 9.18 Å². The summed E-state index contributed by atoms with van der Waals surface area (Å²) < 4.78 is 18.7. The Bertz CT molecular complexity index is 482. The lowest BCUT2D eigenvalue weighted by molar-refractivity contribution is -0.140. The second-order valence-corrected chi connectivity index (χ2v) is 5.01. The molecule has 19 heavy (non-hydrogen) atoms. The van der Waals surface area contributed by atoms with Gasteiger partial charge in [0.05, 0.1) is 24.2 Å². The Labute approximate surface area is 116 Å². The highest BCUT2D eigenvalue weighted by molar-refractivity contribution is 6.30. The summed E-state index contributed by atoms with van der Waals surface area (Å²) in [4.78, 5) is 13.5. The molecule has 1 unspecified atom stereocenters. The van der Waals surface area contributed by atoms with Crippen LogP contribution in [0.1, 0.15) is 18.6 Å². The van der Waals surface area contributed by atoms with Crippen molar-refractivity contribution in [3.05, 3.63) is 34.6 Å². The highest BCUT2D eigenvalue weighted by Gasteiger charge is 2.27. The number of ether oxygens (including phenoxy) is 1. The topological polar surface area (TPSA) is 55.6 Å². The number of hydrogen-bond acceptors (Lipinski definition) is 3. The number of rotatable bonds is 2. The molecule has 6 heteroatoms. The van der Waals surface area contributed by atoms with Crippen LogP contribution in [-0.2, 0) is 9.53 Å². The molecule has 4 nitrogen and oxygen atoms in total. The summed E-state index contributed by atoms with van der Waals surface area (Å²) in [5, 5.41) is 0.0525. The number of carbonyl (C=O) groups excluding carboxylic acids is 1. The van der Waals surface area contributed by atoms with Crippen molar-refractivity contribution >= 4 is 17.5 Å². The number of morpholine rings is 1. The molecule has 0 radical (unpaired) electrons. The van der Waals surface area contributed by atoms with Crippen molar-refractivity contribution in [1.29, 1.82) is 0 Å². The molecule has 104 valence electrons. The van der Waals surface area contributed by atoms with Gasteiger partial charge in [0, 0.05) is 6.54 Å². The molecule has 2 N–H and O–H groups in total. The molecule has 0 spiro atoms. The van der Waals surface area contributed by atoms with Crippen LogP contribution in [0.4, 0.5) is 4.39 Å². The van der Waals surface area contributed by atoms with Crippen LogP contribution >= 0.6 is 11.6 Å². The van der Waals surface area contributed by atoms with Crippen LogP contribution in [-0.4, -0.2) is 36.5 Å². The predicted molar refractivity (Wildman–Crippen MR) is 70.3 cm³/mol. The van der Waals surface area contributed by atoms with Gasteiger partial charge in [-0.15, -0.1) is 0 Å². The van der Waals surface area contributed by atoms with Gasteiger partial charge < -0.3 is 15.4 Å². The lowest BCUT2D eigenvalue weighted by Gasteiger charge is -2.34. The molecule has 1 aliphatic heterocycles. The number of carbonyl (C=O) groups is 1. The van der Waals surface area contributed by atoms with Crippen LogP contribution in [0.5, 0.6) is 0 Å². The van der Waals surface area contributed by atoms with Gasteiger partial charge in [-0.3, -0.25) is 4.79 Å². The first-order valence-electron chi connectivity index (χ1n) is 6.10. The van der Waals surface area contributed by atoms with Crippen LogP contribution in [0.3, 0.4) is 0 Å². The summed E-state index contributed by atoms with van der Waals surface area (Å²) in [5.74, 6) is -0.578. The molecule has 0 aromatic heterocycles. The molecule has 0 aliphatic carbocycles. The number of nitrogens with two attached hydrogens (primary N) is 1. The minimum absolute atomic E-state index is 0.0525. The highest BCUT2D eigenvalue weighted by atomic mass is 35.5. The summed E-state index contributed by atoms with van der Waals surface area (Å²) in [6.07, 6.45) is -0.297. The monoisotopic (exact) mass is 286 g/mol. The largest absolute Gasteiger partial charge is 0.370 e. The third-order valence-corrected chi connectivity index (χ3v) is 3.37. The minimum Gasteiger partial charge on any atom is -0.370 e. The number of benzene rings is 1. The molecule has 0 saturated carbocycles. The first-order chi connectivity index (χ1) is 8.99. The molecule has 1 saturated heterocycles. The number of halogens is 2. The molecule has 1 heterocycles. The molecule has 0 bridgehead atoms. The predicted octanol–water partition coefficient (Wildman–Crippen LogP) is 1.73. The fourth-order valence-electron chi connectivity index (χ4n) is 2.05. The molecule has 1 aliphatic rings. The molecule has 1 amide bonds. The fourth-order valence-corrected chi connectivity index (χ4v) is 2.24. The maximum absolute atomic E-state index is 13.1. The van der Waals surface area contributed by atoms with Gasteiger partial charge in [-0.1, -0.05) is 17.7 Å². The molecular formula is C13H16ClFN2O2. The first-order valence-corrected chi connectivity index (χ1v) is 6.47. The average molecular weight is 287 g/mol. The van der Waals surface area contributed by atoms with Crippen LogP contribution in [0.2, 0.25) is 5.02 Å². The second kappa shape index (κ2) is 5.86. The Morgan fingerprint density at radius 3 is 3.00 bits per heavy atom. The van der Waals surface area contributed by atoms with Crippen LogP contribution in [0.25, 0.3) is 0 Å². The number of amides is 1. The smallest absolute Gasteiger partial charge is 0.239 e. The summed E-state index contributed by atoms with van der Waals surface area (Å²) in [7, 11) is 0. The maximum atomic E-state index is 13.1. The van der Waals surface area contributed by atoms with Crippen molar-refractivity contribution in [2.24, 2.45) is 5.73 Å². The van der Waals surface area contributed by atoms with Crippen molar-refractivity contribution < 1.29 is 13.9 Å². The van der Waals surface area contributed by atoms with Gasteiger partial charge in [-0.05, 0) is 24.6 Å². The van der Waals surface area contributed by atoms with Crippen molar-refractivity contribution in [3.63, 3.8) is 0 Å². The highest BCUT2D eigenvalue weighted by Crippen LogP contribution is 2.26. The van der Waals surface area contributed by atoms with Gasteiger partial charge in [0.1, 0.15) is 11.9 Å². The Balaban J connectivity index is 2.12. The Hall–Kier alpha value is -1.17. The third-order valence-electron chi connectivity index (χ3n) is 3.08. The fraction of sp³-hybridized carbons (Fsp3) is 0.462. The molecule has 1 aromatic rings.